The van der Waals surface area contributed by atoms with Crippen LogP contribution in [0, 0.1) is 0 Å². The van der Waals surface area contributed by atoms with Gasteiger partial charge in [0.2, 0.25) is 0 Å². The molecule has 62 valence electrons. The van der Waals surface area contributed by atoms with Crippen molar-refractivity contribution in [3.05, 3.63) is 23.8 Å². The first kappa shape index (κ1) is 8.58. The van der Waals surface area contributed by atoms with Crippen molar-refractivity contribution in [1.29, 1.82) is 0 Å². The van der Waals surface area contributed by atoms with Crippen LogP contribution in [0.1, 0.15) is 45.4 Å². The van der Waals surface area contributed by atoms with Gasteiger partial charge in [0.05, 0.1) is 0 Å². The zero-order valence-electron chi connectivity index (χ0n) is 7.53. The Morgan fingerprint density at radius 2 is 1.91 bits per heavy atom. The summed E-state index contributed by atoms with van der Waals surface area (Å²) in [5, 5.41) is 0. The van der Waals surface area contributed by atoms with Gasteiger partial charge in [0.1, 0.15) is 0 Å². The number of hydrogen-bond donors (Lipinski definition) is 0. The molecule has 0 atom stereocenters. The van der Waals surface area contributed by atoms with Crippen molar-refractivity contribution in [3.63, 3.8) is 0 Å². The molecule has 0 unspecified atom stereocenters. The van der Waals surface area contributed by atoms with E-state index in [9.17, 15) is 0 Å². The largest absolute Gasteiger partial charge is 0.0999 e. The smallest absolute Gasteiger partial charge is 0.0288 e. The summed E-state index contributed by atoms with van der Waals surface area (Å²) >= 11 is 0. The lowest BCUT2D eigenvalue weighted by molar-refractivity contribution is 0.721. The van der Waals surface area contributed by atoms with E-state index in [1.165, 1.54) is 44.1 Å². The maximum atomic E-state index is 4.05. The van der Waals surface area contributed by atoms with Gasteiger partial charge in [-0.1, -0.05) is 23.8 Å². The monoisotopic (exact) mass is 150 g/mol. The second kappa shape index (κ2) is 4.38. The molecule has 0 heterocycles. The zero-order chi connectivity index (χ0) is 8.10. The summed E-state index contributed by atoms with van der Waals surface area (Å²) in [6.45, 7) is 6.30. The molecule has 0 heteroatoms. The van der Waals surface area contributed by atoms with Gasteiger partial charge in [-0.3, -0.25) is 0 Å². The van der Waals surface area contributed by atoms with E-state index in [-0.39, 0.29) is 0 Å². The second-order valence-electron chi connectivity index (χ2n) is 3.55. The van der Waals surface area contributed by atoms with Crippen LogP contribution in [0.15, 0.2) is 23.8 Å². The highest BCUT2D eigenvalue weighted by atomic mass is 14.0. The summed E-state index contributed by atoms with van der Waals surface area (Å²) in [6.07, 6.45) is 10.0. The van der Waals surface area contributed by atoms with Crippen LogP contribution in [-0.4, -0.2) is 0 Å². The summed E-state index contributed by atoms with van der Waals surface area (Å²) < 4.78 is 0. The van der Waals surface area contributed by atoms with E-state index in [0.29, 0.717) is 0 Å². The number of allylic oxidation sites excluding steroid dienone is 3. The molecule has 0 aromatic rings. The van der Waals surface area contributed by atoms with Gasteiger partial charge in [0, 0.05) is 0 Å². The van der Waals surface area contributed by atoms with Crippen molar-refractivity contribution < 1.29 is 0 Å². The normalized spacial score (nSPS) is 26.3. The lowest BCUT2D eigenvalue weighted by Gasteiger charge is -2.00. The SMILES string of the molecule is C=C1CC/C=C(\C)CCCC1. The number of hydrogen-bond acceptors (Lipinski definition) is 0. The molecule has 0 N–H and O–H groups in total. The molecule has 1 aliphatic carbocycles. The van der Waals surface area contributed by atoms with Crippen LogP contribution in [0.3, 0.4) is 0 Å². The third kappa shape index (κ3) is 3.41. The molecular formula is C11H18. The summed E-state index contributed by atoms with van der Waals surface area (Å²) in [5.74, 6) is 0. The molecule has 0 aromatic carbocycles. The lowest BCUT2D eigenvalue weighted by Crippen LogP contribution is -1.80. The molecule has 1 aliphatic rings. The molecule has 0 fully saturated rings. The van der Waals surface area contributed by atoms with Crippen molar-refractivity contribution in [3.8, 4) is 0 Å². The summed E-state index contributed by atoms with van der Waals surface area (Å²) in [7, 11) is 0. The molecule has 0 radical (unpaired) electrons. The molecule has 0 aliphatic heterocycles. The van der Waals surface area contributed by atoms with Gasteiger partial charge < -0.3 is 0 Å². The minimum Gasteiger partial charge on any atom is -0.0999 e. The molecule has 0 nitrogen and oxygen atoms in total. The fourth-order valence-electron chi connectivity index (χ4n) is 1.53. The predicted octanol–water partition coefficient (Wildman–Crippen LogP) is 3.84. The minimum absolute atomic E-state index is 1.21. The summed E-state index contributed by atoms with van der Waals surface area (Å²) in [5.41, 5.74) is 3.01. The van der Waals surface area contributed by atoms with Gasteiger partial charge in [0.25, 0.3) is 0 Å². The first-order chi connectivity index (χ1) is 5.29. The fourth-order valence-corrected chi connectivity index (χ4v) is 1.53. The van der Waals surface area contributed by atoms with Gasteiger partial charge in [-0.15, -0.1) is 0 Å². The highest BCUT2D eigenvalue weighted by Crippen LogP contribution is 2.18. The Bertz CT molecular complexity index is 163. The van der Waals surface area contributed by atoms with Crippen molar-refractivity contribution in [2.24, 2.45) is 0 Å². The quantitative estimate of drug-likeness (QED) is 0.460. The Morgan fingerprint density at radius 3 is 2.73 bits per heavy atom. The minimum atomic E-state index is 1.21. The molecule has 0 aromatic heterocycles. The van der Waals surface area contributed by atoms with Crippen LogP contribution >= 0.6 is 0 Å². The zero-order valence-corrected chi connectivity index (χ0v) is 7.53. The Balaban J connectivity index is 2.43. The van der Waals surface area contributed by atoms with Gasteiger partial charge in [-0.05, 0) is 45.4 Å². The molecule has 0 spiro atoms. The van der Waals surface area contributed by atoms with Gasteiger partial charge >= 0.3 is 0 Å². The molecule has 1 rings (SSSR count). The van der Waals surface area contributed by atoms with Crippen LogP contribution in [0.2, 0.25) is 0 Å². The molecule has 11 heavy (non-hydrogen) atoms. The van der Waals surface area contributed by atoms with Crippen LogP contribution < -0.4 is 0 Å². The van der Waals surface area contributed by atoms with E-state index >= 15 is 0 Å². The summed E-state index contributed by atoms with van der Waals surface area (Å²) in [6, 6.07) is 0. The van der Waals surface area contributed by atoms with Gasteiger partial charge in [-0.25, -0.2) is 0 Å². The van der Waals surface area contributed by atoms with E-state index < -0.39 is 0 Å². The van der Waals surface area contributed by atoms with E-state index in [4.69, 9.17) is 0 Å². The molecular weight excluding hydrogens is 132 g/mol. The third-order valence-electron chi connectivity index (χ3n) is 2.34. The van der Waals surface area contributed by atoms with E-state index in [1.807, 2.05) is 0 Å². The second-order valence-corrected chi connectivity index (χ2v) is 3.55. The average Bonchev–Trinajstić information content (AvgIpc) is 2.04. The van der Waals surface area contributed by atoms with Crippen molar-refractivity contribution in [2.75, 3.05) is 0 Å². The predicted molar refractivity (Wildman–Crippen MR) is 50.6 cm³/mol. The standard InChI is InChI=1S/C11H18/c1-10-6-3-4-7-11(2)9-5-8-10/h9H,1,3-8H2,2H3/b11-9+. The maximum absolute atomic E-state index is 4.05. The highest BCUT2D eigenvalue weighted by molar-refractivity contribution is 5.03. The Hall–Kier alpha value is -0.520. The highest BCUT2D eigenvalue weighted by Gasteiger charge is 1.98. The van der Waals surface area contributed by atoms with Crippen molar-refractivity contribution in [1.82, 2.24) is 0 Å². The van der Waals surface area contributed by atoms with E-state index in [1.54, 1.807) is 5.57 Å². The third-order valence-corrected chi connectivity index (χ3v) is 2.34. The molecule has 0 saturated carbocycles. The molecule has 0 saturated heterocycles. The van der Waals surface area contributed by atoms with Crippen LogP contribution in [-0.2, 0) is 0 Å². The number of rotatable bonds is 0. The van der Waals surface area contributed by atoms with Crippen molar-refractivity contribution >= 4 is 0 Å². The lowest BCUT2D eigenvalue weighted by atomic mass is 10.1. The maximum Gasteiger partial charge on any atom is -0.0288 e. The summed E-state index contributed by atoms with van der Waals surface area (Å²) in [4.78, 5) is 0. The van der Waals surface area contributed by atoms with Crippen LogP contribution in [0.5, 0.6) is 0 Å². The molecule has 0 amide bonds. The Labute approximate surface area is 70.0 Å². The van der Waals surface area contributed by atoms with Crippen LogP contribution in [0.25, 0.3) is 0 Å². The average molecular weight is 150 g/mol. The Kier molecular flexibility index (Phi) is 3.41. The topological polar surface area (TPSA) is 0 Å². The van der Waals surface area contributed by atoms with Gasteiger partial charge in [0.15, 0.2) is 0 Å². The van der Waals surface area contributed by atoms with Crippen LogP contribution in [0.4, 0.5) is 0 Å². The first-order valence-corrected chi connectivity index (χ1v) is 4.61. The van der Waals surface area contributed by atoms with E-state index in [0.717, 1.165) is 0 Å². The van der Waals surface area contributed by atoms with E-state index in [2.05, 4.69) is 19.6 Å². The van der Waals surface area contributed by atoms with Gasteiger partial charge in [-0.2, -0.15) is 0 Å². The fraction of sp³-hybridized carbons (Fsp3) is 0.636. The Morgan fingerprint density at radius 1 is 1.18 bits per heavy atom. The molecule has 0 bridgehead atoms. The first-order valence-electron chi connectivity index (χ1n) is 4.61. The van der Waals surface area contributed by atoms with Crippen molar-refractivity contribution in [2.45, 2.75) is 45.4 Å².